The first-order valence-corrected chi connectivity index (χ1v) is 9.83. The Bertz CT molecular complexity index is 893. The normalized spacial score (nSPS) is 10.7. The molecule has 0 unspecified atom stereocenters. The predicted octanol–water partition coefficient (Wildman–Crippen LogP) is 5.57. The molecule has 0 saturated carbocycles. The van der Waals surface area contributed by atoms with Crippen LogP contribution in [0.5, 0.6) is 11.5 Å². The van der Waals surface area contributed by atoms with Gasteiger partial charge in [-0.3, -0.25) is 0 Å². The van der Waals surface area contributed by atoms with Crippen LogP contribution in [0.1, 0.15) is 22.3 Å². The van der Waals surface area contributed by atoms with E-state index in [1.807, 2.05) is 36.4 Å². The summed E-state index contributed by atoms with van der Waals surface area (Å²) in [5.74, 6) is 1.52. The van der Waals surface area contributed by atoms with Crippen LogP contribution < -0.4 is 14.8 Å². The summed E-state index contributed by atoms with van der Waals surface area (Å²) in [6.07, 6.45) is 0.964. The lowest BCUT2D eigenvalue weighted by molar-refractivity contribution is 0.283. The molecule has 28 heavy (non-hydrogen) atoms. The van der Waals surface area contributed by atoms with Gasteiger partial charge in [0, 0.05) is 11.6 Å². The highest BCUT2D eigenvalue weighted by atomic mass is 35.5. The summed E-state index contributed by atoms with van der Waals surface area (Å²) < 4.78 is 11.5. The number of halogens is 1. The molecule has 0 amide bonds. The Balaban J connectivity index is 1.52. The van der Waals surface area contributed by atoms with Gasteiger partial charge in [-0.2, -0.15) is 0 Å². The largest absolute Gasteiger partial charge is 0.493 e. The van der Waals surface area contributed by atoms with E-state index in [2.05, 4.69) is 42.6 Å². The van der Waals surface area contributed by atoms with E-state index in [-0.39, 0.29) is 0 Å². The van der Waals surface area contributed by atoms with Crippen molar-refractivity contribution < 1.29 is 9.47 Å². The van der Waals surface area contributed by atoms with Crippen LogP contribution in [0, 0.1) is 6.92 Å². The second-order valence-corrected chi connectivity index (χ2v) is 7.19. The van der Waals surface area contributed by atoms with Crippen molar-refractivity contribution in [2.24, 2.45) is 0 Å². The second-order valence-electron chi connectivity index (χ2n) is 6.75. The van der Waals surface area contributed by atoms with Crippen LogP contribution in [0.4, 0.5) is 0 Å². The highest BCUT2D eigenvalue weighted by molar-refractivity contribution is 6.30. The van der Waals surface area contributed by atoms with Crippen molar-refractivity contribution >= 4 is 11.6 Å². The second kappa shape index (κ2) is 10.2. The summed E-state index contributed by atoms with van der Waals surface area (Å²) in [6, 6.07) is 22.3. The molecular formula is C24H26ClNO2. The molecule has 0 saturated heterocycles. The molecule has 1 N–H and O–H groups in total. The molecule has 0 atom stereocenters. The first-order valence-electron chi connectivity index (χ1n) is 9.45. The fraction of sp³-hybridized carbons (Fsp3) is 0.250. The highest BCUT2D eigenvalue weighted by Crippen LogP contribution is 2.29. The molecule has 0 fully saturated rings. The Morgan fingerprint density at radius 2 is 1.64 bits per heavy atom. The molecule has 4 heteroatoms. The van der Waals surface area contributed by atoms with Gasteiger partial charge in [-0.15, -0.1) is 0 Å². The van der Waals surface area contributed by atoms with E-state index < -0.39 is 0 Å². The van der Waals surface area contributed by atoms with E-state index in [4.69, 9.17) is 21.1 Å². The minimum atomic E-state index is 0.529. The van der Waals surface area contributed by atoms with Crippen molar-refractivity contribution in [2.75, 3.05) is 13.7 Å². The van der Waals surface area contributed by atoms with Gasteiger partial charge in [0.2, 0.25) is 0 Å². The number of benzene rings is 3. The van der Waals surface area contributed by atoms with E-state index in [1.54, 1.807) is 7.11 Å². The Morgan fingerprint density at radius 3 is 2.39 bits per heavy atom. The lowest BCUT2D eigenvalue weighted by Gasteiger charge is -2.13. The number of ether oxygens (including phenoxy) is 2. The number of aryl methyl sites for hydroxylation is 1. The van der Waals surface area contributed by atoms with Gasteiger partial charge in [0.15, 0.2) is 11.5 Å². The zero-order valence-corrected chi connectivity index (χ0v) is 17.1. The molecule has 3 nitrogen and oxygen atoms in total. The van der Waals surface area contributed by atoms with Crippen molar-refractivity contribution in [1.29, 1.82) is 0 Å². The van der Waals surface area contributed by atoms with E-state index in [0.29, 0.717) is 6.61 Å². The third-order valence-electron chi connectivity index (χ3n) is 4.71. The van der Waals surface area contributed by atoms with E-state index in [0.717, 1.165) is 41.6 Å². The van der Waals surface area contributed by atoms with Crippen LogP contribution in [0.3, 0.4) is 0 Å². The van der Waals surface area contributed by atoms with Gasteiger partial charge in [-0.05, 0) is 66.4 Å². The zero-order chi connectivity index (χ0) is 19.8. The summed E-state index contributed by atoms with van der Waals surface area (Å²) in [4.78, 5) is 0. The number of hydrogen-bond acceptors (Lipinski definition) is 3. The smallest absolute Gasteiger partial charge is 0.161 e. The minimum absolute atomic E-state index is 0.529. The van der Waals surface area contributed by atoms with E-state index in [1.165, 1.54) is 16.7 Å². The molecule has 3 aromatic carbocycles. The highest BCUT2D eigenvalue weighted by Gasteiger charge is 2.07. The third-order valence-corrected chi connectivity index (χ3v) is 4.96. The molecule has 0 radical (unpaired) electrons. The molecular weight excluding hydrogens is 370 g/mol. The average molecular weight is 396 g/mol. The molecule has 3 aromatic rings. The Morgan fingerprint density at radius 1 is 0.893 bits per heavy atom. The summed E-state index contributed by atoms with van der Waals surface area (Å²) in [5.41, 5.74) is 4.84. The lowest BCUT2D eigenvalue weighted by atomic mass is 10.1. The van der Waals surface area contributed by atoms with Gasteiger partial charge in [0.05, 0.1) is 7.11 Å². The topological polar surface area (TPSA) is 30.5 Å². The van der Waals surface area contributed by atoms with Crippen LogP contribution in [-0.4, -0.2) is 13.7 Å². The molecule has 0 heterocycles. The van der Waals surface area contributed by atoms with Crippen molar-refractivity contribution in [2.45, 2.75) is 26.5 Å². The number of hydrogen-bond donors (Lipinski definition) is 1. The molecule has 146 valence electrons. The van der Waals surface area contributed by atoms with E-state index in [9.17, 15) is 0 Å². The summed E-state index contributed by atoms with van der Waals surface area (Å²) >= 11 is 5.92. The molecule has 0 spiro atoms. The van der Waals surface area contributed by atoms with Gasteiger partial charge in [-0.25, -0.2) is 0 Å². The van der Waals surface area contributed by atoms with Crippen molar-refractivity contribution in [3.05, 3.63) is 94.0 Å². The maximum absolute atomic E-state index is 5.99. The fourth-order valence-electron chi connectivity index (χ4n) is 2.99. The average Bonchev–Trinajstić information content (AvgIpc) is 2.72. The van der Waals surface area contributed by atoms with Gasteiger partial charge < -0.3 is 14.8 Å². The summed E-state index contributed by atoms with van der Waals surface area (Å²) in [6.45, 7) is 4.30. The van der Waals surface area contributed by atoms with E-state index >= 15 is 0 Å². The molecule has 0 aliphatic heterocycles. The predicted molar refractivity (Wildman–Crippen MR) is 115 cm³/mol. The molecule has 0 aliphatic rings. The number of methoxy groups -OCH3 is 1. The van der Waals surface area contributed by atoms with Crippen molar-refractivity contribution in [3.8, 4) is 11.5 Å². The SMILES string of the molecule is COc1cc(CNCCc2ccc(Cl)cc2)ccc1OCc1ccccc1C. The minimum Gasteiger partial charge on any atom is -0.493 e. The number of rotatable bonds is 9. The Kier molecular flexibility index (Phi) is 7.35. The van der Waals surface area contributed by atoms with Crippen LogP contribution in [-0.2, 0) is 19.6 Å². The van der Waals surface area contributed by atoms with Crippen molar-refractivity contribution in [1.82, 2.24) is 5.32 Å². The molecule has 0 aliphatic carbocycles. The first-order chi connectivity index (χ1) is 13.7. The zero-order valence-electron chi connectivity index (χ0n) is 16.4. The molecule has 3 rings (SSSR count). The first kappa shape index (κ1) is 20.2. The van der Waals surface area contributed by atoms with Gasteiger partial charge in [-0.1, -0.05) is 54.1 Å². The maximum atomic E-state index is 5.99. The van der Waals surface area contributed by atoms with Crippen LogP contribution in [0.15, 0.2) is 66.7 Å². The lowest BCUT2D eigenvalue weighted by Crippen LogP contribution is -2.16. The Hall–Kier alpha value is -2.49. The fourth-order valence-corrected chi connectivity index (χ4v) is 3.11. The number of nitrogens with one attached hydrogen (secondary N) is 1. The van der Waals surface area contributed by atoms with Crippen molar-refractivity contribution in [3.63, 3.8) is 0 Å². The standard InChI is InChI=1S/C24H26ClNO2/c1-18-5-3-4-6-21(18)17-28-23-12-9-20(15-24(23)27-2)16-26-14-13-19-7-10-22(25)11-8-19/h3-12,15,26H,13-14,16-17H2,1-2H3. The van der Waals surface area contributed by atoms with Gasteiger partial charge >= 0.3 is 0 Å². The molecule has 0 aromatic heterocycles. The quantitative estimate of drug-likeness (QED) is 0.480. The summed E-state index contributed by atoms with van der Waals surface area (Å²) in [7, 11) is 1.67. The monoisotopic (exact) mass is 395 g/mol. The van der Waals surface area contributed by atoms with Gasteiger partial charge in [0.1, 0.15) is 6.61 Å². The van der Waals surface area contributed by atoms with Crippen LogP contribution >= 0.6 is 11.6 Å². The third kappa shape index (κ3) is 5.75. The van der Waals surface area contributed by atoms with Gasteiger partial charge in [0.25, 0.3) is 0 Å². The van der Waals surface area contributed by atoms with Crippen LogP contribution in [0.25, 0.3) is 0 Å². The summed E-state index contributed by atoms with van der Waals surface area (Å²) in [5, 5.41) is 4.24. The maximum Gasteiger partial charge on any atom is 0.161 e. The Labute approximate surface area is 172 Å². The van der Waals surface area contributed by atoms with Crippen LogP contribution in [0.2, 0.25) is 5.02 Å². The molecule has 0 bridgehead atoms.